The highest BCUT2D eigenvalue weighted by molar-refractivity contribution is 6.17. The molecule has 0 radical (unpaired) electrons. The van der Waals surface area contributed by atoms with Crippen LogP contribution in [0.25, 0.3) is 21.8 Å². The number of amides is 3. The third-order valence-corrected chi connectivity index (χ3v) is 8.08. The van der Waals surface area contributed by atoms with Gasteiger partial charge in [0.05, 0.1) is 41.5 Å². The predicted octanol–water partition coefficient (Wildman–Crippen LogP) is 6.20. The molecule has 2 aromatic heterocycles. The van der Waals surface area contributed by atoms with Crippen LogP contribution in [0.3, 0.4) is 0 Å². The Morgan fingerprint density at radius 3 is 1.73 bits per heavy atom. The number of para-hydroxylation sites is 2. The van der Waals surface area contributed by atoms with Crippen LogP contribution in [0, 0.1) is 5.41 Å². The van der Waals surface area contributed by atoms with Gasteiger partial charge in [-0.2, -0.15) is 0 Å². The minimum atomic E-state index is -1.35. The zero-order chi connectivity index (χ0) is 35.2. The molecule has 4 N–H and O–H groups in total. The molecule has 0 aliphatic heterocycles. The van der Waals surface area contributed by atoms with Crippen molar-refractivity contribution in [3.8, 4) is 0 Å². The van der Waals surface area contributed by atoms with E-state index >= 15 is 0 Å². The number of aliphatic hydroxyl groups is 1. The Bertz CT molecular complexity index is 1900. The summed E-state index contributed by atoms with van der Waals surface area (Å²) in [6.45, 7) is 5.21. The number of fused-ring (bicyclic) bond motifs is 2. The number of carbonyl (C=O) groups is 4. The molecule has 0 saturated carbocycles. The van der Waals surface area contributed by atoms with E-state index in [0.29, 0.717) is 33.7 Å². The van der Waals surface area contributed by atoms with E-state index in [0.717, 1.165) is 10.8 Å². The number of hydrogen-bond acceptors (Lipinski definition) is 8. The monoisotopic (exact) mass is 661 g/mol. The van der Waals surface area contributed by atoms with Crippen LogP contribution in [0.5, 0.6) is 0 Å². The Kier molecular flexibility index (Phi) is 10.3. The number of methoxy groups -OCH3 is 1. The molecule has 0 bridgehead atoms. The number of esters is 1. The Morgan fingerprint density at radius 1 is 0.714 bits per heavy atom. The zero-order valence-corrected chi connectivity index (χ0v) is 27.8. The summed E-state index contributed by atoms with van der Waals surface area (Å²) in [7, 11) is 1.26. The van der Waals surface area contributed by atoms with Gasteiger partial charge in [0.25, 0.3) is 0 Å². The van der Waals surface area contributed by atoms with Gasteiger partial charge in [-0.3, -0.25) is 29.1 Å². The van der Waals surface area contributed by atoms with Crippen molar-refractivity contribution in [2.24, 2.45) is 5.41 Å². The van der Waals surface area contributed by atoms with E-state index < -0.39 is 34.7 Å². The van der Waals surface area contributed by atoms with E-state index in [2.05, 4.69) is 30.7 Å². The van der Waals surface area contributed by atoms with Crippen LogP contribution in [-0.2, 0) is 23.9 Å². The lowest BCUT2D eigenvalue weighted by Gasteiger charge is -2.32. The Balaban J connectivity index is 1.36. The smallest absolute Gasteiger partial charge is 0.308 e. The number of nitrogens with zero attached hydrogens (tertiary/aromatic N) is 2. The minimum absolute atomic E-state index is 0.0671. The molecule has 0 aliphatic carbocycles. The number of benzene rings is 3. The van der Waals surface area contributed by atoms with Crippen molar-refractivity contribution in [1.29, 1.82) is 0 Å². The maximum Gasteiger partial charge on any atom is 0.308 e. The quantitative estimate of drug-likeness (QED) is 0.0908. The summed E-state index contributed by atoms with van der Waals surface area (Å²) < 4.78 is 4.68. The van der Waals surface area contributed by atoms with Gasteiger partial charge in [0, 0.05) is 35.3 Å². The SMILES string of the molecule is COC(=O)CC(C)(O)CC(C)(C)CC(=O)Nc1ccc(C(C(=O)Nc2cccc3cccnc23)C(=O)Nc2cccc3cccnc23)cc1. The fraction of sp³-hybridized carbons (Fsp3) is 0.263. The Labute approximate surface area is 284 Å². The second-order valence-corrected chi connectivity index (χ2v) is 13.1. The summed E-state index contributed by atoms with van der Waals surface area (Å²) in [5.41, 5.74) is 0.964. The lowest BCUT2D eigenvalue weighted by Crippen LogP contribution is -2.36. The van der Waals surface area contributed by atoms with Crippen molar-refractivity contribution in [2.75, 3.05) is 23.1 Å². The molecule has 1 atom stereocenters. The Hall–Kier alpha value is -5.68. The number of pyridine rings is 2. The molecule has 5 rings (SSSR count). The fourth-order valence-electron chi connectivity index (χ4n) is 6.18. The average molecular weight is 662 g/mol. The van der Waals surface area contributed by atoms with Gasteiger partial charge in [0.2, 0.25) is 17.7 Å². The van der Waals surface area contributed by atoms with Gasteiger partial charge in [-0.05, 0) is 60.7 Å². The number of hydrogen-bond donors (Lipinski definition) is 4. The van der Waals surface area contributed by atoms with E-state index in [1.165, 1.54) is 7.11 Å². The van der Waals surface area contributed by atoms with Gasteiger partial charge in [-0.15, -0.1) is 0 Å². The van der Waals surface area contributed by atoms with Crippen molar-refractivity contribution in [2.45, 2.75) is 51.6 Å². The van der Waals surface area contributed by atoms with Gasteiger partial charge in [0.15, 0.2) is 0 Å². The topological polar surface area (TPSA) is 160 Å². The average Bonchev–Trinajstić information content (AvgIpc) is 3.05. The fourth-order valence-corrected chi connectivity index (χ4v) is 6.18. The van der Waals surface area contributed by atoms with E-state index in [1.807, 2.05) is 38.1 Å². The molecule has 3 aromatic carbocycles. The van der Waals surface area contributed by atoms with E-state index in [-0.39, 0.29) is 25.2 Å². The molecule has 0 fully saturated rings. The van der Waals surface area contributed by atoms with Crippen LogP contribution >= 0.6 is 0 Å². The van der Waals surface area contributed by atoms with Crippen molar-refractivity contribution in [1.82, 2.24) is 9.97 Å². The number of nitrogens with one attached hydrogen (secondary N) is 3. The van der Waals surface area contributed by atoms with Gasteiger partial charge in [-0.25, -0.2) is 0 Å². The molecule has 252 valence electrons. The molecule has 11 nitrogen and oxygen atoms in total. The molecule has 11 heteroatoms. The molecule has 0 aliphatic rings. The predicted molar refractivity (Wildman–Crippen MR) is 189 cm³/mol. The summed E-state index contributed by atoms with van der Waals surface area (Å²) in [6, 6.07) is 24.7. The first kappa shape index (κ1) is 34.6. The molecule has 0 spiro atoms. The first-order valence-corrected chi connectivity index (χ1v) is 15.8. The highest BCUT2D eigenvalue weighted by Gasteiger charge is 2.35. The van der Waals surface area contributed by atoms with Gasteiger partial charge >= 0.3 is 5.97 Å². The van der Waals surface area contributed by atoms with Crippen molar-refractivity contribution in [3.05, 3.63) is 103 Å². The normalized spacial score (nSPS) is 12.7. The summed E-state index contributed by atoms with van der Waals surface area (Å²) in [5, 5.41) is 21.0. The number of carbonyl (C=O) groups excluding carboxylic acids is 4. The molecule has 49 heavy (non-hydrogen) atoms. The second-order valence-electron chi connectivity index (χ2n) is 13.1. The molecule has 3 amide bonds. The molecule has 1 unspecified atom stereocenters. The third kappa shape index (κ3) is 8.82. The van der Waals surface area contributed by atoms with Crippen LogP contribution in [0.2, 0.25) is 0 Å². The zero-order valence-electron chi connectivity index (χ0n) is 27.8. The maximum absolute atomic E-state index is 13.9. The summed E-state index contributed by atoms with van der Waals surface area (Å²) in [6.07, 6.45) is 3.33. The molecule has 5 aromatic rings. The van der Waals surface area contributed by atoms with Crippen LogP contribution in [0.1, 0.15) is 51.5 Å². The van der Waals surface area contributed by atoms with Crippen LogP contribution < -0.4 is 16.0 Å². The number of aromatic nitrogens is 2. The first-order chi connectivity index (χ1) is 23.3. The first-order valence-electron chi connectivity index (χ1n) is 15.8. The molecular formula is C38H39N5O6. The lowest BCUT2D eigenvalue weighted by atomic mass is 9.77. The molecule has 2 heterocycles. The largest absolute Gasteiger partial charge is 0.469 e. The number of rotatable bonds is 12. The standard InChI is InChI=1S/C38H39N5O6/c1-37(2,23-38(3,48)22-31(45)49-4)21-30(44)41-27-17-15-24(16-18-27)32(35(46)42-28-13-5-9-25-11-7-19-39-33(25)28)36(47)43-29-14-6-10-26-12-8-20-40-34(26)29/h5-20,32,48H,21-23H2,1-4H3,(H,41,44)(H,42,46)(H,43,47). The van der Waals surface area contributed by atoms with Crippen molar-refractivity contribution < 1.29 is 29.0 Å². The Morgan fingerprint density at radius 2 is 1.22 bits per heavy atom. The second kappa shape index (κ2) is 14.6. The van der Waals surface area contributed by atoms with Gasteiger partial charge < -0.3 is 25.8 Å². The van der Waals surface area contributed by atoms with E-state index in [4.69, 9.17) is 0 Å². The molecular weight excluding hydrogens is 622 g/mol. The van der Waals surface area contributed by atoms with Gasteiger partial charge in [-0.1, -0.05) is 62.4 Å². The maximum atomic E-state index is 13.9. The van der Waals surface area contributed by atoms with E-state index in [1.54, 1.807) is 80.0 Å². The van der Waals surface area contributed by atoms with Crippen LogP contribution in [0.15, 0.2) is 97.3 Å². The molecule has 0 saturated heterocycles. The number of ether oxygens (including phenoxy) is 1. The van der Waals surface area contributed by atoms with E-state index in [9.17, 15) is 24.3 Å². The summed E-state index contributed by atoms with van der Waals surface area (Å²) >= 11 is 0. The summed E-state index contributed by atoms with van der Waals surface area (Å²) in [5.74, 6) is -3.25. The van der Waals surface area contributed by atoms with Crippen molar-refractivity contribution in [3.63, 3.8) is 0 Å². The van der Waals surface area contributed by atoms with Crippen molar-refractivity contribution >= 4 is 62.6 Å². The highest BCUT2D eigenvalue weighted by atomic mass is 16.5. The summed E-state index contributed by atoms with van der Waals surface area (Å²) in [4.78, 5) is 61.4. The van der Waals surface area contributed by atoms with Crippen LogP contribution in [-0.4, -0.2) is 51.5 Å². The van der Waals surface area contributed by atoms with Gasteiger partial charge in [0.1, 0.15) is 5.92 Å². The highest BCUT2D eigenvalue weighted by Crippen LogP contribution is 2.34. The lowest BCUT2D eigenvalue weighted by molar-refractivity contribution is -0.146. The van der Waals surface area contributed by atoms with Crippen LogP contribution in [0.4, 0.5) is 17.1 Å². The third-order valence-electron chi connectivity index (χ3n) is 8.08. The number of anilines is 3. The minimum Gasteiger partial charge on any atom is -0.469 e.